The number of pyridine rings is 1. The average Bonchev–Trinajstić information content (AvgIpc) is 3.62. The summed E-state index contributed by atoms with van der Waals surface area (Å²) in [6.45, 7) is 8.19. The van der Waals surface area contributed by atoms with Crippen LogP contribution in [-0.2, 0) is 6.42 Å². The van der Waals surface area contributed by atoms with Crippen LogP contribution in [0, 0.1) is 0 Å². The fraction of sp³-hybridized carbons (Fsp3) is 0.379. The lowest BCUT2D eigenvalue weighted by atomic mass is 10.1. The van der Waals surface area contributed by atoms with Crippen LogP contribution in [0.15, 0.2) is 60.9 Å². The van der Waals surface area contributed by atoms with Crippen molar-refractivity contribution < 1.29 is 4.79 Å². The summed E-state index contributed by atoms with van der Waals surface area (Å²) in [7, 11) is 0. The Labute approximate surface area is 217 Å². The Bertz CT molecular complexity index is 1360. The number of amides is 1. The molecule has 0 aliphatic carbocycles. The van der Waals surface area contributed by atoms with Crippen molar-refractivity contribution in [2.24, 2.45) is 0 Å². The highest BCUT2D eigenvalue weighted by molar-refractivity contribution is 5.98. The van der Waals surface area contributed by atoms with Gasteiger partial charge in [-0.3, -0.25) is 14.7 Å². The van der Waals surface area contributed by atoms with Crippen LogP contribution < -0.4 is 0 Å². The summed E-state index contributed by atoms with van der Waals surface area (Å²) in [5.74, 6) is 0.834. The first kappa shape index (κ1) is 23.8. The summed E-state index contributed by atoms with van der Waals surface area (Å²) < 4.78 is 0. The van der Waals surface area contributed by atoms with Gasteiger partial charge in [0.2, 0.25) is 0 Å². The molecule has 8 nitrogen and oxygen atoms in total. The fourth-order valence-corrected chi connectivity index (χ4v) is 5.37. The van der Waals surface area contributed by atoms with E-state index in [9.17, 15) is 4.79 Å². The number of H-pyrrole nitrogens is 1. The molecule has 2 fully saturated rings. The minimum absolute atomic E-state index is 0.0864. The van der Waals surface area contributed by atoms with Gasteiger partial charge in [0.15, 0.2) is 0 Å². The number of carbonyl (C=O) groups excluding carboxylic acids is 1. The van der Waals surface area contributed by atoms with Crippen LogP contribution in [0.25, 0.3) is 22.3 Å². The molecule has 2 aliphatic rings. The van der Waals surface area contributed by atoms with Gasteiger partial charge in [0, 0.05) is 69.0 Å². The van der Waals surface area contributed by atoms with E-state index in [1.807, 2.05) is 41.3 Å². The summed E-state index contributed by atoms with van der Waals surface area (Å²) in [6.07, 6.45) is 6.84. The molecule has 2 aliphatic heterocycles. The van der Waals surface area contributed by atoms with Crippen molar-refractivity contribution in [1.29, 1.82) is 0 Å². The van der Waals surface area contributed by atoms with Crippen molar-refractivity contribution in [2.45, 2.75) is 19.3 Å². The van der Waals surface area contributed by atoms with Crippen molar-refractivity contribution in [3.8, 4) is 11.4 Å². The van der Waals surface area contributed by atoms with E-state index in [-0.39, 0.29) is 5.91 Å². The maximum absolute atomic E-state index is 13.2. The maximum Gasteiger partial charge on any atom is 0.270 e. The van der Waals surface area contributed by atoms with Crippen molar-refractivity contribution in [3.05, 3.63) is 78.0 Å². The quantitative estimate of drug-likeness (QED) is 0.423. The Morgan fingerprint density at radius 3 is 2.41 bits per heavy atom. The van der Waals surface area contributed by atoms with Gasteiger partial charge in [0.05, 0.1) is 11.4 Å². The van der Waals surface area contributed by atoms with Crippen molar-refractivity contribution in [3.63, 3.8) is 0 Å². The number of piperazine rings is 1. The van der Waals surface area contributed by atoms with E-state index in [0.717, 1.165) is 72.9 Å². The topological polar surface area (TPSA) is 81.2 Å². The van der Waals surface area contributed by atoms with E-state index in [1.54, 1.807) is 12.4 Å². The molecule has 0 radical (unpaired) electrons. The molecule has 1 amide bonds. The summed E-state index contributed by atoms with van der Waals surface area (Å²) >= 11 is 0. The van der Waals surface area contributed by atoms with Crippen LogP contribution in [0.2, 0.25) is 0 Å². The first-order valence-corrected chi connectivity index (χ1v) is 13.3. The zero-order chi connectivity index (χ0) is 25.0. The zero-order valence-electron chi connectivity index (χ0n) is 21.1. The molecule has 4 aromatic rings. The minimum Gasteiger partial charge on any atom is -0.351 e. The highest BCUT2D eigenvalue weighted by Crippen LogP contribution is 2.21. The first-order valence-electron chi connectivity index (χ1n) is 13.3. The van der Waals surface area contributed by atoms with Crippen molar-refractivity contribution in [2.75, 3.05) is 52.4 Å². The van der Waals surface area contributed by atoms with Crippen LogP contribution in [0.1, 0.15) is 34.7 Å². The second-order valence-electron chi connectivity index (χ2n) is 10.0. The van der Waals surface area contributed by atoms with E-state index in [4.69, 9.17) is 4.98 Å². The normalized spacial score (nSPS) is 17.0. The lowest BCUT2D eigenvalue weighted by Gasteiger charge is -2.35. The number of fused-ring (bicyclic) bond motifs is 1. The third-order valence-corrected chi connectivity index (χ3v) is 7.50. The molecule has 1 aromatic carbocycles. The number of hydrogen-bond acceptors (Lipinski definition) is 6. The number of aromatic nitrogens is 4. The summed E-state index contributed by atoms with van der Waals surface area (Å²) in [6, 6.07) is 15.9. The van der Waals surface area contributed by atoms with E-state index in [2.05, 4.69) is 36.9 Å². The molecule has 1 N–H and O–H groups in total. The van der Waals surface area contributed by atoms with Gasteiger partial charge in [0.1, 0.15) is 11.5 Å². The van der Waals surface area contributed by atoms with E-state index < -0.39 is 0 Å². The lowest BCUT2D eigenvalue weighted by Crippen LogP contribution is -2.50. The second-order valence-corrected chi connectivity index (χ2v) is 10.0. The Morgan fingerprint density at radius 1 is 0.811 bits per heavy atom. The number of carbonyl (C=O) groups is 1. The molecule has 37 heavy (non-hydrogen) atoms. The van der Waals surface area contributed by atoms with Crippen LogP contribution in [0.5, 0.6) is 0 Å². The Morgan fingerprint density at radius 2 is 1.62 bits per heavy atom. The van der Waals surface area contributed by atoms with Gasteiger partial charge in [-0.15, -0.1) is 0 Å². The molecular formula is C29H33N7O. The van der Waals surface area contributed by atoms with Crippen molar-refractivity contribution in [1.82, 2.24) is 34.6 Å². The molecule has 0 unspecified atom stereocenters. The number of rotatable bonds is 7. The molecular weight excluding hydrogens is 462 g/mol. The van der Waals surface area contributed by atoms with Gasteiger partial charge in [-0.2, -0.15) is 0 Å². The van der Waals surface area contributed by atoms with Gasteiger partial charge < -0.3 is 14.8 Å². The highest BCUT2D eigenvalue weighted by atomic mass is 16.2. The van der Waals surface area contributed by atoms with Crippen molar-refractivity contribution >= 4 is 16.8 Å². The Kier molecular flexibility index (Phi) is 6.92. The molecule has 0 saturated carbocycles. The molecule has 5 heterocycles. The molecule has 3 aromatic heterocycles. The van der Waals surface area contributed by atoms with Crippen LogP contribution in [0.3, 0.4) is 0 Å². The number of nitrogens with one attached hydrogen (secondary N) is 1. The molecule has 6 rings (SSSR count). The monoisotopic (exact) mass is 495 g/mol. The molecule has 190 valence electrons. The largest absolute Gasteiger partial charge is 0.351 e. The molecule has 0 spiro atoms. The standard InChI is InChI=1S/C29H33N7O/c37-29(36-17-15-35(16-18-36)14-13-34-11-3-4-12-34)27-21-23-19-22(6-7-24(23)32-27)20-28-31-10-8-26(33-28)25-5-1-2-9-30-25/h1-2,5-10,19,21,32H,3-4,11-18,20H2. The number of likely N-dealkylation sites (tertiary alicyclic amines) is 1. The number of hydrogen-bond donors (Lipinski definition) is 1. The molecule has 0 atom stereocenters. The van der Waals surface area contributed by atoms with Gasteiger partial charge in [-0.05, 0) is 67.9 Å². The number of nitrogens with zero attached hydrogens (tertiary/aromatic N) is 6. The summed E-state index contributed by atoms with van der Waals surface area (Å²) in [5, 5.41) is 1.03. The molecule has 0 bridgehead atoms. The van der Waals surface area contributed by atoms with Gasteiger partial charge in [0.25, 0.3) is 5.91 Å². The van der Waals surface area contributed by atoms with E-state index in [1.165, 1.54) is 25.9 Å². The highest BCUT2D eigenvalue weighted by Gasteiger charge is 2.24. The van der Waals surface area contributed by atoms with Crippen LogP contribution in [-0.4, -0.2) is 92.9 Å². The first-order chi connectivity index (χ1) is 18.2. The predicted molar refractivity (Wildman–Crippen MR) is 144 cm³/mol. The van der Waals surface area contributed by atoms with Gasteiger partial charge in [-0.1, -0.05) is 12.1 Å². The van der Waals surface area contributed by atoms with Gasteiger partial charge in [-0.25, -0.2) is 9.97 Å². The van der Waals surface area contributed by atoms with Crippen LogP contribution in [0.4, 0.5) is 0 Å². The molecule has 8 heteroatoms. The second kappa shape index (κ2) is 10.8. The summed E-state index contributed by atoms with van der Waals surface area (Å²) in [5.41, 5.74) is 4.39. The molecule has 2 saturated heterocycles. The summed E-state index contributed by atoms with van der Waals surface area (Å²) in [4.78, 5) is 37.2. The fourth-order valence-electron chi connectivity index (χ4n) is 5.37. The third-order valence-electron chi connectivity index (χ3n) is 7.50. The maximum atomic E-state index is 13.2. The lowest BCUT2D eigenvalue weighted by molar-refractivity contribution is 0.0622. The zero-order valence-corrected chi connectivity index (χ0v) is 21.1. The SMILES string of the molecule is O=C(c1cc2cc(Cc3nccc(-c4ccccn4)n3)ccc2[nH]1)N1CCN(CCN2CCCC2)CC1. The Hall–Kier alpha value is -3.62. The number of aromatic amines is 1. The number of benzene rings is 1. The van der Waals surface area contributed by atoms with Gasteiger partial charge >= 0.3 is 0 Å². The van der Waals surface area contributed by atoms with Crippen LogP contribution >= 0.6 is 0 Å². The minimum atomic E-state index is 0.0864. The van der Waals surface area contributed by atoms with E-state index >= 15 is 0 Å². The third kappa shape index (κ3) is 5.55. The smallest absolute Gasteiger partial charge is 0.270 e. The average molecular weight is 496 g/mol. The predicted octanol–water partition coefficient (Wildman–Crippen LogP) is 3.46. The Balaban J connectivity index is 1.09. The van der Waals surface area contributed by atoms with E-state index in [0.29, 0.717) is 12.1 Å².